The van der Waals surface area contributed by atoms with Crippen LogP contribution in [0.15, 0.2) is 21.7 Å². The zero-order valence-corrected chi connectivity index (χ0v) is 19.1. The lowest BCUT2D eigenvalue weighted by molar-refractivity contribution is -0.118. The van der Waals surface area contributed by atoms with E-state index in [0.29, 0.717) is 44.1 Å². The average molecular weight is 444 g/mol. The van der Waals surface area contributed by atoms with Crippen LogP contribution < -0.4 is 21.3 Å². The van der Waals surface area contributed by atoms with Gasteiger partial charge in [-0.2, -0.15) is 0 Å². The number of aromatic nitrogens is 2. The van der Waals surface area contributed by atoms with Crippen LogP contribution in [0, 0.1) is 0 Å². The van der Waals surface area contributed by atoms with E-state index in [1.54, 1.807) is 0 Å². The number of fused-ring (bicyclic) bond motifs is 1. The van der Waals surface area contributed by atoms with E-state index in [9.17, 15) is 14.4 Å². The van der Waals surface area contributed by atoms with Crippen molar-refractivity contribution in [3.8, 4) is 0 Å². The van der Waals surface area contributed by atoms with E-state index < -0.39 is 11.1 Å². The molecule has 0 saturated carbocycles. The molecule has 0 radical (unpaired) electrons. The quantitative estimate of drug-likeness (QED) is 0.680. The summed E-state index contributed by atoms with van der Waals surface area (Å²) in [6.45, 7) is 9.39. The van der Waals surface area contributed by atoms with Crippen LogP contribution in [0.4, 0.5) is 11.4 Å². The van der Waals surface area contributed by atoms with Gasteiger partial charge in [0.15, 0.2) is 0 Å². The molecule has 32 heavy (non-hydrogen) atoms. The molecule has 9 heteroatoms. The molecule has 174 valence electrons. The highest BCUT2D eigenvalue weighted by atomic mass is 16.5. The number of morpholine rings is 1. The summed E-state index contributed by atoms with van der Waals surface area (Å²) in [6, 6.07) is 3.84. The SMILES string of the molecule is CCn1c(=O)c(=O)n(CC)c2cc(N3CCCCC3)c(NC(=O)CN3CCOCC3)cc21. The fourth-order valence-corrected chi connectivity index (χ4v) is 4.72. The fourth-order valence-electron chi connectivity index (χ4n) is 4.72. The van der Waals surface area contributed by atoms with Crippen molar-refractivity contribution in [2.45, 2.75) is 46.2 Å². The number of nitrogens with zero attached hydrogens (tertiary/aromatic N) is 4. The predicted octanol–water partition coefficient (Wildman–Crippen LogP) is 1.46. The standard InChI is InChI=1S/C23H33N5O4/c1-3-27-19-14-17(24-21(29)16-25-10-12-32-13-11-25)18(26-8-6-5-7-9-26)15-20(19)28(4-2)23(31)22(27)30/h14-15H,3-13,16H2,1-2H3,(H,24,29). The van der Waals surface area contributed by atoms with Crippen LogP contribution in [0.25, 0.3) is 11.0 Å². The summed E-state index contributed by atoms with van der Waals surface area (Å²) < 4.78 is 8.41. The van der Waals surface area contributed by atoms with Crippen LogP contribution >= 0.6 is 0 Å². The zero-order valence-electron chi connectivity index (χ0n) is 19.1. The van der Waals surface area contributed by atoms with Gasteiger partial charge in [-0.25, -0.2) is 0 Å². The van der Waals surface area contributed by atoms with Crippen molar-refractivity contribution in [1.29, 1.82) is 0 Å². The number of anilines is 2. The van der Waals surface area contributed by atoms with Crippen molar-refractivity contribution < 1.29 is 9.53 Å². The number of carbonyl (C=O) groups excluding carboxylic acids is 1. The monoisotopic (exact) mass is 443 g/mol. The average Bonchev–Trinajstić information content (AvgIpc) is 2.81. The number of amides is 1. The van der Waals surface area contributed by atoms with Gasteiger partial charge in [-0.1, -0.05) is 0 Å². The fraction of sp³-hybridized carbons (Fsp3) is 0.609. The van der Waals surface area contributed by atoms with Crippen molar-refractivity contribution in [2.24, 2.45) is 0 Å². The summed E-state index contributed by atoms with van der Waals surface area (Å²) in [5.74, 6) is -0.0845. The van der Waals surface area contributed by atoms with Crippen LogP contribution in [0.3, 0.4) is 0 Å². The van der Waals surface area contributed by atoms with Gasteiger partial charge in [-0.15, -0.1) is 0 Å². The number of nitrogens with one attached hydrogen (secondary N) is 1. The largest absolute Gasteiger partial charge is 0.379 e. The molecule has 2 aliphatic heterocycles. The van der Waals surface area contributed by atoms with E-state index in [1.165, 1.54) is 15.6 Å². The maximum atomic E-state index is 12.9. The third-order valence-electron chi connectivity index (χ3n) is 6.42. The van der Waals surface area contributed by atoms with Gasteiger partial charge in [0.1, 0.15) is 0 Å². The lowest BCUT2D eigenvalue weighted by Crippen LogP contribution is -2.42. The molecule has 2 aromatic rings. The van der Waals surface area contributed by atoms with Crippen molar-refractivity contribution in [3.05, 3.63) is 32.8 Å². The number of rotatable bonds is 6. The van der Waals surface area contributed by atoms with Crippen molar-refractivity contribution >= 4 is 28.3 Å². The minimum absolute atomic E-state index is 0.0845. The molecule has 2 aliphatic rings. The Kier molecular flexibility index (Phi) is 6.95. The molecule has 1 N–H and O–H groups in total. The Labute approximate surface area is 187 Å². The minimum Gasteiger partial charge on any atom is -0.379 e. The first-order chi connectivity index (χ1) is 15.5. The highest BCUT2D eigenvalue weighted by Crippen LogP contribution is 2.33. The lowest BCUT2D eigenvalue weighted by Gasteiger charge is -2.32. The Balaban J connectivity index is 1.79. The van der Waals surface area contributed by atoms with Crippen LogP contribution in [0.2, 0.25) is 0 Å². The summed E-state index contributed by atoms with van der Waals surface area (Å²) in [6.07, 6.45) is 3.38. The Morgan fingerprint density at radius 3 is 2.09 bits per heavy atom. The molecular formula is C23H33N5O4. The molecule has 2 saturated heterocycles. The number of benzene rings is 1. The number of piperidine rings is 1. The Morgan fingerprint density at radius 1 is 0.906 bits per heavy atom. The molecule has 0 aliphatic carbocycles. The number of ether oxygens (including phenoxy) is 1. The zero-order chi connectivity index (χ0) is 22.7. The number of aryl methyl sites for hydroxylation is 2. The van der Waals surface area contributed by atoms with Crippen LogP contribution in [-0.4, -0.2) is 65.9 Å². The van der Waals surface area contributed by atoms with Gasteiger partial charge in [0.05, 0.1) is 42.2 Å². The highest BCUT2D eigenvalue weighted by molar-refractivity contribution is 5.99. The maximum absolute atomic E-state index is 12.9. The molecule has 1 aromatic carbocycles. The number of hydrogen-bond acceptors (Lipinski definition) is 6. The van der Waals surface area contributed by atoms with E-state index >= 15 is 0 Å². The summed E-state index contributed by atoms with van der Waals surface area (Å²) >= 11 is 0. The van der Waals surface area contributed by atoms with Gasteiger partial charge in [0.2, 0.25) is 5.91 Å². The van der Waals surface area contributed by atoms with Crippen LogP contribution in [0.5, 0.6) is 0 Å². The molecule has 1 amide bonds. The first-order valence-corrected chi connectivity index (χ1v) is 11.7. The number of hydrogen-bond donors (Lipinski definition) is 1. The van der Waals surface area contributed by atoms with Gasteiger partial charge < -0.3 is 24.1 Å². The number of carbonyl (C=O) groups is 1. The molecule has 2 fully saturated rings. The maximum Gasteiger partial charge on any atom is 0.316 e. The van der Waals surface area contributed by atoms with Gasteiger partial charge >= 0.3 is 11.1 Å². The summed E-state index contributed by atoms with van der Waals surface area (Å²) in [5, 5.41) is 3.10. The van der Waals surface area contributed by atoms with Gasteiger partial charge in [0.25, 0.3) is 0 Å². The first kappa shape index (κ1) is 22.5. The topological polar surface area (TPSA) is 88.8 Å². The van der Waals surface area contributed by atoms with E-state index in [0.717, 1.165) is 50.2 Å². The third kappa shape index (κ3) is 4.45. The van der Waals surface area contributed by atoms with Crippen molar-refractivity contribution in [2.75, 3.05) is 56.2 Å². The Hall–Kier alpha value is -2.65. The van der Waals surface area contributed by atoms with Crippen LogP contribution in [-0.2, 0) is 22.6 Å². The molecule has 4 rings (SSSR count). The summed E-state index contributed by atoms with van der Waals surface area (Å²) in [4.78, 5) is 42.7. The molecule has 3 heterocycles. The summed E-state index contributed by atoms with van der Waals surface area (Å²) in [5.41, 5.74) is 1.97. The molecule has 0 unspecified atom stereocenters. The van der Waals surface area contributed by atoms with Crippen molar-refractivity contribution in [3.63, 3.8) is 0 Å². The summed E-state index contributed by atoms with van der Waals surface area (Å²) in [7, 11) is 0. The molecule has 0 atom stereocenters. The van der Waals surface area contributed by atoms with Gasteiger partial charge in [-0.3, -0.25) is 19.3 Å². The Bertz CT molecular complexity index is 1090. The molecule has 1 aromatic heterocycles. The van der Waals surface area contributed by atoms with E-state index in [2.05, 4.69) is 15.1 Å². The van der Waals surface area contributed by atoms with Crippen molar-refractivity contribution in [1.82, 2.24) is 14.0 Å². The molecule has 9 nitrogen and oxygen atoms in total. The lowest BCUT2D eigenvalue weighted by atomic mass is 10.1. The van der Waals surface area contributed by atoms with Crippen LogP contribution in [0.1, 0.15) is 33.1 Å². The van der Waals surface area contributed by atoms with Gasteiger partial charge in [0, 0.05) is 39.3 Å². The second-order valence-corrected chi connectivity index (χ2v) is 8.44. The minimum atomic E-state index is -0.529. The third-order valence-corrected chi connectivity index (χ3v) is 6.42. The smallest absolute Gasteiger partial charge is 0.316 e. The normalized spacial score (nSPS) is 17.6. The first-order valence-electron chi connectivity index (χ1n) is 11.7. The molecule has 0 spiro atoms. The highest BCUT2D eigenvalue weighted by Gasteiger charge is 2.21. The Morgan fingerprint density at radius 2 is 1.50 bits per heavy atom. The second kappa shape index (κ2) is 9.87. The molecule has 0 bridgehead atoms. The second-order valence-electron chi connectivity index (χ2n) is 8.44. The molecular weight excluding hydrogens is 410 g/mol. The van der Waals surface area contributed by atoms with E-state index in [4.69, 9.17) is 4.74 Å². The van der Waals surface area contributed by atoms with E-state index in [-0.39, 0.29) is 5.91 Å². The predicted molar refractivity (Wildman–Crippen MR) is 126 cm³/mol. The van der Waals surface area contributed by atoms with E-state index in [1.807, 2.05) is 26.0 Å². The van der Waals surface area contributed by atoms with Gasteiger partial charge in [-0.05, 0) is 45.2 Å².